The number of aromatic amines is 1. The first-order chi connectivity index (χ1) is 33.2. The molecule has 6 rings (SSSR count). The van der Waals surface area contributed by atoms with Crippen molar-refractivity contribution in [2.24, 2.45) is 47.3 Å². The molecule has 12 heteroatoms. The average molecular weight is 967 g/mol. The maximum atomic E-state index is 14.5. The Kier molecular flexibility index (Phi) is 19.0. The number of allylic oxidation sites excluding steroid dienone is 7. The fourth-order valence-electron chi connectivity index (χ4n) is 11.7. The van der Waals surface area contributed by atoms with Crippen molar-refractivity contribution in [2.45, 2.75) is 182 Å². The van der Waals surface area contributed by atoms with Gasteiger partial charge in [-0.2, -0.15) is 0 Å². The number of piperidine rings is 1. The van der Waals surface area contributed by atoms with E-state index >= 15 is 0 Å². The molecular weight excluding hydrogens is 885 g/mol. The number of carbonyl (C=O) groups excluding carboxylic acids is 5. The fraction of sp³-hybridized carbons (Fsp3) is 0.638. The van der Waals surface area contributed by atoms with E-state index in [9.17, 15) is 39.3 Å². The van der Waals surface area contributed by atoms with E-state index in [4.69, 9.17) is 9.47 Å². The number of ether oxygens (including phenoxy) is 2. The molecule has 2 bridgehead atoms. The minimum atomic E-state index is -2.43. The molecule has 0 spiro atoms. The van der Waals surface area contributed by atoms with Crippen molar-refractivity contribution < 1.29 is 48.8 Å². The van der Waals surface area contributed by atoms with E-state index in [1.165, 1.54) is 4.90 Å². The number of fused-ring (bicyclic) bond motifs is 4. The first kappa shape index (κ1) is 54.8. The highest BCUT2D eigenvalue weighted by molar-refractivity contribution is 6.39. The van der Waals surface area contributed by atoms with E-state index < -0.39 is 65.6 Å². The summed E-state index contributed by atoms with van der Waals surface area (Å²) in [7, 11) is 0. The molecule has 1 amide bonds. The van der Waals surface area contributed by atoms with Crippen molar-refractivity contribution in [1.82, 2.24) is 9.88 Å². The smallest absolute Gasteiger partial charge is 0.329 e. The lowest BCUT2D eigenvalue weighted by Gasteiger charge is -2.43. The number of aromatic nitrogens is 1. The fourth-order valence-corrected chi connectivity index (χ4v) is 11.7. The second-order valence-electron chi connectivity index (χ2n) is 22.0. The monoisotopic (exact) mass is 967 g/mol. The molecule has 3 fully saturated rings. The molecule has 4 aliphatic rings. The molecule has 4 N–H and O–H groups in total. The summed E-state index contributed by atoms with van der Waals surface area (Å²) in [6.07, 6.45) is 17.0. The van der Waals surface area contributed by atoms with E-state index in [-0.39, 0.29) is 72.6 Å². The van der Waals surface area contributed by atoms with Crippen LogP contribution in [0.2, 0.25) is 0 Å². The zero-order valence-electron chi connectivity index (χ0n) is 43.3. The summed E-state index contributed by atoms with van der Waals surface area (Å²) in [5.74, 6) is -7.94. The zero-order valence-corrected chi connectivity index (χ0v) is 43.3. The number of benzene rings is 1. The van der Waals surface area contributed by atoms with Crippen LogP contribution in [-0.2, 0) is 33.4 Å². The Morgan fingerprint density at radius 1 is 0.857 bits per heavy atom. The van der Waals surface area contributed by atoms with Crippen molar-refractivity contribution in [3.8, 4) is 0 Å². The van der Waals surface area contributed by atoms with Crippen LogP contribution < -0.4 is 0 Å². The lowest BCUT2D eigenvalue weighted by atomic mass is 9.75. The van der Waals surface area contributed by atoms with Crippen molar-refractivity contribution in [1.29, 1.82) is 0 Å². The van der Waals surface area contributed by atoms with Gasteiger partial charge in [0.25, 0.3) is 11.7 Å². The van der Waals surface area contributed by atoms with Crippen molar-refractivity contribution in [3.05, 3.63) is 83.6 Å². The Hall–Kier alpha value is -4.49. The van der Waals surface area contributed by atoms with Gasteiger partial charge in [0, 0.05) is 59.7 Å². The molecule has 1 saturated carbocycles. The second kappa shape index (κ2) is 24.3. The number of carbonyl (C=O) groups is 5. The van der Waals surface area contributed by atoms with Crippen LogP contribution in [0.1, 0.15) is 151 Å². The van der Waals surface area contributed by atoms with Gasteiger partial charge in [0.05, 0.1) is 18.3 Å². The quantitative estimate of drug-likeness (QED) is 0.131. The molecule has 4 heterocycles. The average Bonchev–Trinajstić information content (AvgIpc) is 3.77. The first-order valence-corrected chi connectivity index (χ1v) is 26.3. The summed E-state index contributed by atoms with van der Waals surface area (Å²) < 4.78 is 12.8. The zero-order chi connectivity index (χ0) is 51.0. The Morgan fingerprint density at radius 3 is 2.34 bits per heavy atom. The third kappa shape index (κ3) is 13.1. The number of hydrogen-bond donors (Lipinski definition) is 4. The number of H-pyrrole nitrogens is 1. The van der Waals surface area contributed by atoms with E-state index in [0.29, 0.717) is 56.9 Å². The summed E-state index contributed by atoms with van der Waals surface area (Å²) in [5.41, 5.74) is 3.55. The molecule has 2 aromatic rings. The lowest BCUT2D eigenvalue weighted by Crippen LogP contribution is -2.60. The van der Waals surface area contributed by atoms with Crippen LogP contribution in [0, 0.1) is 47.3 Å². The number of nitrogens with zero attached hydrogens (tertiary/aromatic N) is 1. The van der Waals surface area contributed by atoms with E-state index in [2.05, 4.69) is 31.0 Å². The number of ketones is 3. The molecule has 3 aliphatic heterocycles. The second-order valence-corrected chi connectivity index (χ2v) is 22.0. The minimum absolute atomic E-state index is 0.0574. The van der Waals surface area contributed by atoms with Gasteiger partial charge in [0.15, 0.2) is 0 Å². The Balaban J connectivity index is 1.34. The maximum absolute atomic E-state index is 14.5. The lowest BCUT2D eigenvalue weighted by molar-refractivity contribution is -0.264. The van der Waals surface area contributed by atoms with Gasteiger partial charge in [0.2, 0.25) is 5.79 Å². The Labute approximate surface area is 416 Å². The molecule has 12 nitrogen and oxygen atoms in total. The predicted molar refractivity (Wildman–Crippen MR) is 272 cm³/mol. The number of nitrogens with one attached hydrogen (secondary N) is 1. The van der Waals surface area contributed by atoms with Crippen LogP contribution in [0.5, 0.6) is 0 Å². The van der Waals surface area contributed by atoms with Crippen LogP contribution in [0.25, 0.3) is 10.9 Å². The standard InChI is InChI=1S/C58H82N2O10/c1-34-17-11-10-12-18-35(2)46(47-33-59-48-20-14-13-19-45(47)48)31-44-24-22-41(8)58(68,70-44)55(65)56(66)60-26-16-15-21-49(60)57(67)69-52(38(5)30-43-23-25-50(61)37(4)29-43)32-51(62)36(3)28-40(7)54(64)42(9)53(63)39(6)27-34/h10-14,17-20,28,33-34,36-39,41-44,46,49-50,52,54,59,61,64,68H,15-16,21-27,29-32H2,1-9H3/b12-10+,17-11+,35-18+,40-28+/t34-,36-,37-,38-,39-,41-,42+,43?,44+,46+,49+,50-,52?,54-,58-/m1/s1. The number of hydrogen-bond acceptors (Lipinski definition) is 10. The highest BCUT2D eigenvalue weighted by atomic mass is 16.6. The number of cyclic esters (lactones) is 1. The number of esters is 1. The van der Waals surface area contributed by atoms with Crippen molar-refractivity contribution in [3.63, 3.8) is 0 Å². The van der Waals surface area contributed by atoms with Gasteiger partial charge in [-0.3, -0.25) is 19.2 Å². The van der Waals surface area contributed by atoms with Crippen LogP contribution in [-0.4, -0.2) is 97.2 Å². The topological polar surface area (TPSA) is 184 Å². The Morgan fingerprint density at radius 2 is 1.60 bits per heavy atom. The largest absolute Gasteiger partial charge is 0.460 e. The van der Waals surface area contributed by atoms with E-state index in [0.717, 1.165) is 34.9 Å². The molecular formula is C58H82N2O10. The molecule has 2 saturated heterocycles. The summed E-state index contributed by atoms with van der Waals surface area (Å²) >= 11 is 0. The molecule has 384 valence electrons. The summed E-state index contributed by atoms with van der Waals surface area (Å²) in [4.78, 5) is 76.0. The third-order valence-electron chi connectivity index (χ3n) is 16.4. The third-order valence-corrected chi connectivity index (χ3v) is 16.4. The first-order valence-electron chi connectivity index (χ1n) is 26.3. The highest BCUT2D eigenvalue weighted by Gasteiger charge is 2.53. The molecule has 0 radical (unpaired) electrons. The van der Waals surface area contributed by atoms with Gasteiger partial charge >= 0.3 is 5.97 Å². The normalized spacial score (nSPS) is 38.4. The Bertz CT molecular complexity index is 2290. The van der Waals surface area contributed by atoms with Gasteiger partial charge in [-0.25, -0.2) is 4.79 Å². The van der Waals surface area contributed by atoms with E-state index in [1.54, 1.807) is 33.8 Å². The number of amides is 1. The summed E-state index contributed by atoms with van der Waals surface area (Å²) in [6, 6.07) is 6.93. The molecule has 1 aliphatic carbocycles. The predicted octanol–water partition coefficient (Wildman–Crippen LogP) is 9.67. The van der Waals surface area contributed by atoms with Crippen molar-refractivity contribution >= 4 is 40.1 Å². The van der Waals surface area contributed by atoms with Gasteiger partial charge < -0.3 is 34.7 Å². The van der Waals surface area contributed by atoms with E-state index in [1.807, 2.05) is 69.5 Å². The molecule has 15 atom stereocenters. The SMILES string of the molecule is C/C1=C\[C@@H](C)C(=O)CC([C@H](C)CC2CC[C@@H](O)[C@H](C)C2)OC(=O)[C@@H]2CCCCN2C(=O)C(=O)[C@]2(O)O[C@@H](CC[C@H]2C)C[C@H](c2c[nH]c3ccccc23)/C(C)=C/C=C/C=C/[C@@H](C)C[C@@H](C)C(=O)[C@H](C)[C@@H]1O. The maximum Gasteiger partial charge on any atom is 0.329 e. The molecule has 2 unspecified atom stereocenters. The number of para-hydroxylation sites is 1. The number of aliphatic hydroxyl groups excluding tert-OH is 2. The van der Waals surface area contributed by atoms with Gasteiger partial charge in [-0.05, 0) is 125 Å². The van der Waals surface area contributed by atoms with Gasteiger partial charge in [-0.1, -0.05) is 109 Å². The van der Waals surface area contributed by atoms with Crippen LogP contribution in [0.3, 0.4) is 0 Å². The summed E-state index contributed by atoms with van der Waals surface area (Å²) in [6.45, 7) is 17.0. The highest BCUT2D eigenvalue weighted by Crippen LogP contribution is 2.42. The summed E-state index contributed by atoms with van der Waals surface area (Å²) in [5, 5.41) is 35.2. The number of rotatable bonds is 4. The number of aliphatic hydroxyl groups is 3. The molecule has 1 aromatic carbocycles. The van der Waals surface area contributed by atoms with Crippen LogP contribution in [0.15, 0.2) is 78.1 Å². The van der Waals surface area contributed by atoms with Crippen molar-refractivity contribution in [2.75, 3.05) is 6.54 Å². The van der Waals surface area contributed by atoms with Gasteiger partial charge in [-0.15, -0.1) is 0 Å². The van der Waals surface area contributed by atoms with Crippen LogP contribution in [0.4, 0.5) is 0 Å². The number of Topliss-reactive ketones (excluding diaryl/α,β-unsaturated/α-hetero) is 3. The van der Waals surface area contributed by atoms with Gasteiger partial charge in [0.1, 0.15) is 23.7 Å². The minimum Gasteiger partial charge on any atom is -0.460 e. The van der Waals surface area contributed by atoms with Crippen LogP contribution >= 0.6 is 0 Å². The molecule has 70 heavy (non-hydrogen) atoms. The molecule has 1 aromatic heterocycles.